The fourth-order valence-corrected chi connectivity index (χ4v) is 5.43. The van der Waals surface area contributed by atoms with Crippen LogP contribution in [0.15, 0.2) is 42.5 Å². The Morgan fingerprint density at radius 2 is 1.91 bits per heavy atom. The predicted molar refractivity (Wildman–Crippen MR) is 120 cm³/mol. The topological polar surface area (TPSA) is 99.5 Å². The number of hydrogen-bond donors (Lipinski definition) is 1. The average Bonchev–Trinajstić information content (AvgIpc) is 3.39. The lowest BCUT2D eigenvalue weighted by Crippen LogP contribution is -2.15. The van der Waals surface area contributed by atoms with Crippen molar-refractivity contribution >= 4 is 27.6 Å². The number of amides is 1. The van der Waals surface area contributed by atoms with Crippen LogP contribution in [0.3, 0.4) is 0 Å². The van der Waals surface area contributed by atoms with Gasteiger partial charge >= 0.3 is 0 Å². The van der Waals surface area contributed by atoms with E-state index in [-0.39, 0.29) is 24.2 Å². The molecule has 0 saturated heterocycles. The predicted octanol–water partition coefficient (Wildman–Crippen LogP) is 3.30. The standard InChI is InChI=1S/C23H21N3O5S/c1-14-3-6-19(15(2)9-14)26-23(17-11-32(28,29)12-18(17)25-26)24-22(27)8-5-16-4-7-20-21(10-16)31-13-30-20/h3-10H,11-13H2,1-2H3,(H,24,27). The summed E-state index contributed by atoms with van der Waals surface area (Å²) in [7, 11) is -3.27. The number of ether oxygens (including phenoxy) is 2. The highest BCUT2D eigenvalue weighted by atomic mass is 32.2. The van der Waals surface area contributed by atoms with Crippen LogP contribution < -0.4 is 14.8 Å². The van der Waals surface area contributed by atoms with Gasteiger partial charge in [0.1, 0.15) is 5.82 Å². The molecule has 9 heteroatoms. The zero-order chi connectivity index (χ0) is 22.5. The fraction of sp³-hybridized carbons (Fsp3) is 0.217. The van der Waals surface area contributed by atoms with Crippen molar-refractivity contribution in [3.05, 3.63) is 70.4 Å². The van der Waals surface area contributed by atoms with Gasteiger partial charge in [0.25, 0.3) is 0 Å². The minimum atomic E-state index is -3.27. The first-order valence-corrected chi connectivity index (χ1v) is 11.9. The lowest BCUT2D eigenvalue weighted by molar-refractivity contribution is -0.111. The summed E-state index contributed by atoms with van der Waals surface area (Å²) >= 11 is 0. The molecule has 0 bridgehead atoms. The summed E-state index contributed by atoms with van der Waals surface area (Å²) in [5, 5.41) is 7.37. The van der Waals surface area contributed by atoms with Crippen LogP contribution in [0.25, 0.3) is 11.8 Å². The molecule has 164 valence electrons. The van der Waals surface area contributed by atoms with Crippen LogP contribution in [0, 0.1) is 13.8 Å². The van der Waals surface area contributed by atoms with Gasteiger partial charge in [0.15, 0.2) is 21.3 Å². The summed E-state index contributed by atoms with van der Waals surface area (Å²) in [6.45, 7) is 4.13. The molecule has 1 aromatic heterocycles. The fourth-order valence-electron chi connectivity index (χ4n) is 3.94. The number of carbonyl (C=O) groups excluding carboxylic acids is 1. The molecular weight excluding hydrogens is 430 g/mol. The van der Waals surface area contributed by atoms with Crippen molar-refractivity contribution in [1.82, 2.24) is 9.78 Å². The number of sulfone groups is 1. The maximum atomic E-state index is 12.8. The van der Waals surface area contributed by atoms with E-state index in [1.165, 1.54) is 6.08 Å². The molecule has 3 aromatic rings. The average molecular weight is 452 g/mol. The molecule has 0 radical (unpaired) electrons. The highest BCUT2D eigenvalue weighted by molar-refractivity contribution is 7.90. The summed E-state index contributed by atoms with van der Waals surface area (Å²) < 4.78 is 36.6. The van der Waals surface area contributed by atoms with Crippen molar-refractivity contribution in [2.75, 3.05) is 12.1 Å². The first-order chi connectivity index (χ1) is 15.3. The second-order valence-corrected chi connectivity index (χ2v) is 10.0. The number of aromatic nitrogens is 2. The molecule has 1 N–H and O–H groups in total. The van der Waals surface area contributed by atoms with Crippen molar-refractivity contribution < 1.29 is 22.7 Å². The van der Waals surface area contributed by atoms with Crippen molar-refractivity contribution in [2.24, 2.45) is 0 Å². The first kappa shape index (κ1) is 20.3. The monoisotopic (exact) mass is 451 g/mol. The zero-order valence-corrected chi connectivity index (χ0v) is 18.4. The summed E-state index contributed by atoms with van der Waals surface area (Å²) in [5.74, 6) is 1.02. The van der Waals surface area contributed by atoms with Crippen molar-refractivity contribution in [1.29, 1.82) is 0 Å². The van der Waals surface area contributed by atoms with Crippen molar-refractivity contribution in [2.45, 2.75) is 25.4 Å². The Labute approximate surface area is 185 Å². The smallest absolute Gasteiger partial charge is 0.249 e. The van der Waals surface area contributed by atoms with E-state index in [9.17, 15) is 13.2 Å². The van der Waals surface area contributed by atoms with Gasteiger partial charge in [0.2, 0.25) is 12.7 Å². The summed E-state index contributed by atoms with van der Waals surface area (Å²) in [4.78, 5) is 12.8. The second kappa shape index (κ2) is 7.52. The molecule has 3 heterocycles. The molecule has 0 fully saturated rings. The quantitative estimate of drug-likeness (QED) is 0.611. The number of aryl methyl sites for hydroxylation is 2. The highest BCUT2D eigenvalue weighted by Crippen LogP contribution is 2.34. The van der Waals surface area contributed by atoms with Gasteiger partial charge in [0.05, 0.1) is 22.9 Å². The van der Waals surface area contributed by atoms with E-state index in [1.54, 1.807) is 22.9 Å². The molecule has 0 spiro atoms. The number of anilines is 1. The number of nitrogens with one attached hydrogen (secondary N) is 1. The van der Waals surface area contributed by atoms with E-state index in [0.717, 1.165) is 22.4 Å². The Balaban J connectivity index is 1.46. The van der Waals surface area contributed by atoms with Crippen LogP contribution in [0.4, 0.5) is 5.82 Å². The van der Waals surface area contributed by atoms with Crippen LogP contribution in [-0.2, 0) is 26.1 Å². The van der Waals surface area contributed by atoms with Crippen molar-refractivity contribution in [3.63, 3.8) is 0 Å². The van der Waals surface area contributed by atoms with Gasteiger partial charge in [-0.15, -0.1) is 0 Å². The van der Waals surface area contributed by atoms with Gasteiger partial charge in [-0.3, -0.25) is 4.79 Å². The SMILES string of the molecule is Cc1ccc(-n2nc3c(c2NC(=O)C=Cc2ccc4c(c2)OCO4)CS(=O)(=O)C3)c(C)c1. The minimum Gasteiger partial charge on any atom is -0.454 e. The Bertz CT molecular complexity index is 1390. The molecule has 2 aliphatic rings. The normalized spacial score (nSPS) is 15.8. The molecule has 1 amide bonds. The Morgan fingerprint density at radius 1 is 1.09 bits per heavy atom. The molecule has 0 atom stereocenters. The van der Waals surface area contributed by atoms with Gasteiger partial charge in [-0.1, -0.05) is 23.8 Å². The third kappa shape index (κ3) is 3.75. The number of benzene rings is 2. The van der Waals surface area contributed by atoms with Crippen LogP contribution >= 0.6 is 0 Å². The highest BCUT2D eigenvalue weighted by Gasteiger charge is 2.33. The van der Waals surface area contributed by atoms with Gasteiger partial charge < -0.3 is 14.8 Å². The van der Waals surface area contributed by atoms with Gasteiger partial charge in [-0.25, -0.2) is 13.1 Å². The maximum absolute atomic E-state index is 12.8. The molecule has 2 aromatic carbocycles. The van der Waals surface area contributed by atoms with Crippen molar-refractivity contribution in [3.8, 4) is 17.2 Å². The molecule has 0 aliphatic carbocycles. The number of fused-ring (bicyclic) bond motifs is 2. The molecule has 0 unspecified atom stereocenters. The Hall–Kier alpha value is -3.59. The molecule has 2 aliphatic heterocycles. The van der Waals surface area contributed by atoms with Gasteiger partial charge in [-0.2, -0.15) is 5.10 Å². The van der Waals surface area contributed by atoms with Crippen LogP contribution in [-0.4, -0.2) is 30.9 Å². The lowest BCUT2D eigenvalue weighted by atomic mass is 10.1. The number of nitrogens with zero attached hydrogens (tertiary/aromatic N) is 2. The molecule has 8 nitrogen and oxygen atoms in total. The van der Waals surface area contributed by atoms with E-state index >= 15 is 0 Å². The van der Waals surface area contributed by atoms with E-state index in [2.05, 4.69) is 10.4 Å². The molecule has 5 rings (SSSR count). The van der Waals surface area contributed by atoms with Crippen LogP contribution in [0.5, 0.6) is 11.5 Å². The van der Waals surface area contributed by atoms with Crippen LogP contribution in [0.2, 0.25) is 0 Å². The first-order valence-electron chi connectivity index (χ1n) is 10.1. The van der Waals surface area contributed by atoms with Crippen LogP contribution in [0.1, 0.15) is 27.9 Å². The van der Waals surface area contributed by atoms with E-state index < -0.39 is 9.84 Å². The molecule has 32 heavy (non-hydrogen) atoms. The summed E-state index contributed by atoms with van der Waals surface area (Å²) in [6, 6.07) is 11.3. The maximum Gasteiger partial charge on any atom is 0.249 e. The molecule has 0 saturated carbocycles. The Morgan fingerprint density at radius 3 is 2.72 bits per heavy atom. The van der Waals surface area contributed by atoms with E-state index in [1.807, 2.05) is 38.1 Å². The number of rotatable bonds is 4. The third-order valence-corrected chi connectivity index (χ3v) is 6.88. The van der Waals surface area contributed by atoms with Gasteiger partial charge in [-0.05, 0) is 49.2 Å². The summed E-state index contributed by atoms with van der Waals surface area (Å²) in [6.07, 6.45) is 3.05. The third-order valence-electron chi connectivity index (χ3n) is 5.43. The number of carbonyl (C=O) groups is 1. The number of hydrogen-bond acceptors (Lipinski definition) is 6. The minimum absolute atomic E-state index is 0.129. The zero-order valence-electron chi connectivity index (χ0n) is 17.6. The Kier molecular flexibility index (Phi) is 4.78. The van der Waals surface area contributed by atoms with Gasteiger partial charge in [0, 0.05) is 11.6 Å². The van der Waals surface area contributed by atoms with E-state index in [0.29, 0.717) is 28.6 Å². The second-order valence-electron chi connectivity index (χ2n) is 7.94. The molecular formula is C23H21N3O5S. The summed E-state index contributed by atoms with van der Waals surface area (Å²) in [5.41, 5.74) is 4.65. The van der Waals surface area contributed by atoms with E-state index in [4.69, 9.17) is 9.47 Å². The lowest BCUT2D eigenvalue weighted by Gasteiger charge is -2.12. The largest absolute Gasteiger partial charge is 0.454 e.